The number of rotatable bonds is 4. The monoisotopic (exact) mass is 319 g/mol. The molecule has 9 nitrogen and oxygen atoms in total. The smallest absolute Gasteiger partial charge is 0.330 e. The normalized spacial score (nSPS) is 28.5. The van der Waals surface area contributed by atoms with Crippen LogP contribution in [0, 0.1) is 6.92 Å². The molecule has 1 saturated heterocycles. The van der Waals surface area contributed by atoms with E-state index in [2.05, 4.69) is 9.51 Å². The first-order chi connectivity index (χ1) is 9.73. The molecule has 0 radical (unpaired) electrons. The standard InChI is InChI=1S/C11H18N3O6P/c1-6-4-14(11(12)13-10(6)16)9-3-7(15)8(20-9)5-21(17,18)19-2/h4,7-9,15H,3,5H2,1-2H3,(H,17,18)(H2,12,13,16)/t7-,8-,9-/m1/s1. The predicted octanol–water partition coefficient (Wildman–Crippen LogP) is -0.386. The summed E-state index contributed by atoms with van der Waals surface area (Å²) in [5, 5.41) is 9.95. The number of ether oxygens (including phenoxy) is 1. The number of nitrogens with zero attached hydrogens (tertiary/aromatic N) is 2. The van der Waals surface area contributed by atoms with Gasteiger partial charge in [0.1, 0.15) is 6.23 Å². The van der Waals surface area contributed by atoms with Crippen molar-refractivity contribution >= 4 is 13.5 Å². The summed E-state index contributed by atoms with van der Waals surface area (Å²) < 4.78 is 23.0. The molecule has 1 aromatic rings. The summed E-state index contributed by atoms with van der Waals surface area (Å²) in [5.41, 5.74) is 5.63. The van der Waals surface area contributed by atoms with Crippen molar-refractivity contribution in [3.63, 3.8) is 0 Å². The number of aliphatic hydroxyl groups is 1. The molecule has 0 spiro atoms. The van der Waals surface area contributed by atoms with Crippen LogP contribution in [0.4, 0.5) is 5.95 Å². The fourth-order valence-electron chi connectivity index (χ4n) is 2.16. The van der Waals surface area contributed by atoms with E-state index in [4.69, 9.17) is 10.5 Å². The van der Waals surface area contributed by atoms with Crippen molar-refractivity contribution in [2.75, 3.05) is 19.0 Å². The van der Waals surface area contributed by atoms with E-state index in [1.807, 2.05) is 0 Å². The molecule has 1 aliphatic heterocycles. The minimum atomic E-state index is -3.80. The number of aliphatic hydroxyl groups excluding tert-OH is 1. The summed E-state index contributed by atoms with van der Waals surface area (Å²) in [5.74, 6) is -0.0395. The molecule has 118 valence electrons. The Morgan fingerprint density at radius 1 is 1.67 bits per heavy atom. The van der Waals surface area contributed by atoms with E-state index in [0.29, 0.717) is 5.56 Å². The zero-order valence-corrected chi connectivity index (χ0v) is 12.6. The van der Waals surface area contributed by atoms with Crippen LogP contribution in [-0.2, 0) is 13.8 Å². The minimum absolute atomic E-state index is 0.0395. The molecule has 10 heteroatoms. The van der Waals surface area contributed by atoms with Gasteiger partial charge in [-0.3, -0.25) is 13.9 Å². The van der Waals surface area contributed by atoms with Crippen LogP contribution in [0.1, 0.15) is 18.2 Å². The molecule has 0 aromatic carbocycles. The summed E-state index contributed by atoms with van der Waals surface area (Å²) >= 11 is 0. The second kappa shape index (κ2) is 5.86. The van der Waals surface area contributed by atoms with Gasteiger partial charge in [0.15, 0.2) is 0 Å². The minimum Gasteiger partial charge on any atom is -0.390 e. The Balaban J connectivity index is 2.20. The van der Waals surface area contributed by atoms with Crippen LogP contribution in [0.5, 0.6) is 0 Å². The second-order valence-corrected chi connectivity index (χ2v) is 6.93. The fourth-order valence-corrected chi connectivity index (χ4v) is 3.10. The van der Waals surface area contributed by atoms with Gasteiger partial charge in [0.25, 0.3) is 5.56 Å². The van der Waals surface area contributed by atoms with E-state index in [1.165, 1.54) is 10.8 Å². The molecule has 21 heavy (non-hydrogen) atoms. The van der Waals surface area contributed by atoms with Crippen molar-refractivity contribution in [1.82, 2.24) is 9.55 Å². The van der Waals surface area contributed by atoms with Crippen LogP contribution in [0.2, 0.25) is 0 Å². The van der Waals surface area contributed by atoms with E-state index in [9.17, 15) is 19.4 Å². The summed E-state index contributed by atoms with van der Waals surface area (Å²) in [6.45, 7) is 1.58. The van der Waals surface area contributed by atoms with Gasteiger partial charge in [-0.2, -0.15) is 4.98 Å². The molecule has 4 atom stereocenters. The molecule has 1 aromatic heterocycles. The number of nitrogen functional groups attached to an aromatic ring is 1. The zero-order valence-electron chi connectivity index (χ0n) is 11.7. The molecule has 4 N–H and O–H groups in total. The van der Waals surface area contributed by atoms with Gasteiger partial charge in [0.2, 0.25) is 5.95 Å². The third kappa shape index (κ3) is 3.50. The Hall–Kier alpha value is -1.25. The molecular weight excluding hydrogens is 301 g/mol. The molecule has 1 unspecified atom stereocenters. The lowest BCUT2D eigenvalue weighted by atomic mass is 10.2. The lowest BCUT2D eigenvalue weighted by Crippen LogP contribution is -2.25. The third-order valence-corrected chi connectivity index (χ3v) is 4.75. The Morgan fingerprint density at radius 2 is 2.33 bits per heavy atom. The van der Waals surface area contributed by atoms with Crippen LogP contribution in [0.25, 0.3) is 0 Å². The summed E-state index contributed by atoms with van der Waals surface area (Å²) in [6.07, 6.45) is -1.13. The molecule has 0 bridgehead atoms. The lowest BCUT2D eigenvalue weighted by molar-refractivity contribution is -0.00809. The first-order valence-corrected chi connectivity index (χ1v) is 8.06. The van der Waals surface area contributed by atoms with Gasteiger partial charge < -0.3 is 25.0 Å². The van der Waals surface area contributed by atoms with E-state index < -0.39 is 31.6 Å². The second-order valence-electron chi connectivity index (χ2n) is 4.93. The number of aryl methyl sites for hydroxylation is 1. The van der Waals surface area contributed by atoms with Crippen molar-refractivity contribution < 1.29 is 23.8 Å². The quantitative estimate of drug-likeness (QED) is 0.638. The van der Waals surface area contributed by atoms with Gasteiger partial charge in [-0.05, 0) is 6.92 Å². The van der Waals surface area contributed by atoms with Crippen molar-refractivity contribution in [2.24, 2.45) is 0 Å². The highest BCUT2D eigenvalue weighted by molar-refractivity contribution is 7.52. The number of aromatic nitrogens is 2. The average molecular weight is 319 g/mol. The number of hydrogen-bond donors (Lipinski definition) is 3. The summed E-state index contributed by atoms with van der Waals surface area (Å²) in [7, 11) is -2.68. The summed E-state index contributed by atoms with van der Waals surface area (Å²) in [4.78, 5) is 24.5. The lowest BCUT2D eigenvalue weighted by Gasteiger charge is -2.19. The fraction of sp³-hybridized carbons (Fsp3) is 0.636. The molecule has 0 saturated carbocycles. The van der Waals surface area contributed by atoms with Crippen molar-refractivity contribution in [2.45, 2.75) is 31.8 Å². The van der Waals surface area contributed by atoms with Gasteiger partial charge >= 0.3 is 7.60 Å². The summed E-state index contributed by atoms with van der Waals surface area (Å²) in [6, 6.07) is 0. The van der Waals surface area contributed by atoms with Crippen molar-refractivity contribution in [1.29, 1.82) is 0 Å². The van der Waals surface area contributed by atoms with Gasteiger partial charge in [0, 0.05) is 25.3 Å². The van der Waals surface area contributed by atoms with E-state index in [0.717, 1.165) is 7.11 Å². The highest BCUT2D eigenvalue weighted by atomic mass is 31.2. The molecule has 0 aliphatic carbocycles. The maximum absolute atomic E-state index is 11.6. The molecule has 2 rings (SSSR count). The van der Waals surface area contributed by atoms with E-state index >= 15 is 0 Å². The Labute approximate surface area is 120 Å². The van der Waals surface area contributed by atoms with Gasteiger partial charge in [-0.1, -0.05) is 0 Å². The molecular formula is C11H18N3O6P. The zero-order chi connectivity index (χ0) is 15.8. The van der Waals surface area contributed by atoms with Crippen LogP contribution < -0.4 is 11.3 Å². The van der Waals surface area contributed by atoms with E-state index in [1.54, 1.807) is 6.92 Å². The topological polar surface area (TPSA) is 137 Å². The van der Waals surface area contributed by atoms with Crippen LogP contribution in [0.3, 0.4) is 0 Å². The first kappa shape index (κ1) is 16.1. The Bertz CT molecular complexity index is 633. The van der Waals surface area contributed by atoms with Crippen molar-refractivity contribution in [3.05, 3.63) is 22.1 Å². The van der Waals surface area contributed by atoms with E-state index in [-0.39, 0.29) is 18.5 Å². The Kier molecular flexibility index (Phi) is 4.50. The van der Waals surface area contributed by atoms with Crippen molar-refractivity contribution in [3.8, 4) is 0 Å². The molecule has 0 amide bonds. The van der Waals surface area contributed by atoms with Gasteiger partial charge in [0.05, 0.1) is 18.4 Å². The highest BCUT2D eigenvalue weighted by Gasteiger charge is 2.39. The maximum Gasteiger partial charge on any atom is 0.330 e. The number of anilines is 1. The maximum atomic E-state index is 11.6. The molecule has 1 aliphatic rings. The average Bonchev–Trinajstić information content (AvgIpc) is 2.74. The first-order valence-electron chi connectivity index (χ1n) is 6.30. The predicted molar refractivity (Wildman–Crippen MR) is 73.9 cm³/mol. The Morgan fingerprint density at radius 3 is 2.95 bits per heavy atom. The largest absolute Gasteiger partial charge is 0.390 e. The third-order valence-electron chi connectivity index (χ3n) is 3.36. The molecule has 2 heterocycles. The molecule has 1 fully saturated rings. The number of nitrogens with two attached hydrogens (primary N) is 1. The van der Waals surface area contributed by atoms with Crippen LogP contribution in [0.15, 0.2) is 11.0 Å². The van der Waals surface area contributed by atoms with Crippen LogP contribution >= 0.6 is 7.60 Å². The van der Waals surface area contributed by atoms with Crippen LogP contribution in [-0.4, -0.2) is 45.0 Å². The highest BCUT2D eigenvalue weighted by Crippen LogP contribution is 2.45. The number of hydrogen-bond acceptors (Lipinski definition) is 7. The van der Waals surface area contributed by atoms with Gasteiger partial charge in [-0.25, -0.2) is 0 Å². The SMILES string of the molecule is COP(=O)(O)C[C@H]1O[C@@H](n2cc(C)c(=O)nc2N)C[C@H]1O. The van der Waals surface area contributed by atoms with Gasteiger partial charge in [-0.15, -0.1) is 0 Å².